The first kappa shape index (κ1) is 13.1. The lowest BCUT2D eigenvalue weighted by atomic mass is 9.79. The van der Waals surface area contributed by atoms with E-state index in [0.29, 0.717) is 0 Å². The van der Waals surface area contributed by atoms with E-state index in [2.05, 4.69) is 11.4 Å². The predicted octanol–water partition coefficient (Wildman–Crippen LogP) is 1.74. The predicted molar refractivity (Wildman–Crippen MR) is 73.4 cm³/mol. The van der Waals surface area contributed by atoms with Gasteiger partial charge in [-0.2, -0.15) is 0 Å². The van der Waals surface area contributed by atoms with Crippen molar-refractivity contribution in [3.8, 4) is 0 Å². The lowest BCUT2D eigenvalue weighted by Crippen LogP contribution is -2.39. The molecule has 1 aromatic rings. The monoisotopic (exact) mass is 246 g/mol. The summed E-state index contributed by atoms with van der Waals surface area (Å²) in [7, 11) is 1.68. The van der Waals surface area contributed by atoms with Crippen LogP contribution in [0.2, 0.25) is 0 Å². The van der Waals surface area contributed by atoms with E-state index in [-0.39, 0.29) is 11.4 Å². The van der Waals surface area contributed by atoms with Crippen molar-refractivity contribution >= 4 is 5.91 Å². The molecule has 1 fully saturated rings. The van der Waals surface area contributed by atoms with Gasteiger partial charge in [-0.3, -0.25) is 4.79 Å². The average molecular weight is 246 g/mol. The summed E-state index contributed by atoms with van der Waals surface area (Å²) in [5.74, 6) is 0.0387. The standard InChI is InChI=1S/C15H22N2O/c1-14(2,13(18)17-3)12-7-5-4-6-11(12)10-15(16)8-9-15/h4-7H,8-10,16H2,1-3H3,(H,17,18). The highest BCUT2D eigenvalue weighted by Crippen LogP contribution is 2.38. The van der Waals surface area contributed by atoms with E-state index in [0.717, 1.165) is 24.8 Å². The molecular formula is C15H22N2O. The van der Waals surface area contributed by atoms with E-state index >= 15 is 0 Å². The zero-order valence-electron chi connectivity index (χ0n) is 11.4. The van der Waals surface area contributed by atoms with E-state index < -0.39 is 5.41 Å². The Morgan fingerprint density at radius 2 is 2.00 bits per heavy atom. The summed E-state index contributed by atoms with van der Waals surface area (Å²) in [6, 6.07) is 8.13. The second-order valence-corrected chi connectivity index (χ2v) is 5.90. The van der Waals surface area contributed by atoms with Gasteiger partial charge < -0.3 is 11.1 Å². The largest absolute Gasteiger partial charge is 0.358 e. The van der Waals surface area contributed by atoms with Gasteiger partial charge in [-0.25, -0.2) is 0 Å². The van der Waals surface area contributed by atoms with Gasteiger partial charge in [0.2, 0.25) is 5.91 Å². The van der Waals surface area contributed by atoms with Crippen molar-refractivity contribution in [2.75, 3.05) is 7.05 Å². The summed E-state index contributed by atoms with van der Waals surface area (Å²) in [5, 5.41) is 2.74. The summed E-state index contributed by atoms with van der Waals surface area (Å²) in [6.07, 6.45) is 3.03. The molecule has 0 bridgehead atoms. The molecule has 0 aromatic heterocycles. The van der Waals surface area contributed by atoms with Crippen LogP contribution < -0.4 is 11.1 Å². The highest BCUT2D eigenvalue weighted by Gasteiger charge is 2.40. The molecule has 1 amide bonds. The van der Waals surface area contributed by atoms with E-state index in [1.54, 1.807) is 7.05 Å². The van der Waals surface area contributed by atoms with Crippen LogP contribution in [0.1, 0.15) is 37.8 Å². The van der Waals surface area contributed by atoms with Gasteiger partial charge >= 0.3 is 0 Å². The second-order valence-electron chi connectivity index (χ2n) is 5.90. The average Bonchev–Trinajstić information content (AvgIpc) is 3.06. The van der Waals surface area contributed by atoms with Crippen LogP contribution in [-0.4, -0.2) is 18.5 Å². The Morgan fingerprint density at radius 3 is 2.56 bits per heavy atom. The maximum Gasteiger partial charge on any atom is 0.229 e. The van der Waals surface area contributed by atoms with Crippen LogP contribution in [-0.2, 0) is 16.6 Å². The van der Waals surface area contributed by atoms with Crippen molar-refractivity contribution in [2.24, 2.45) is 5.73 Å². The Morgan fingerprint density at radius 1 is 1.39 bits per heavy atom. The third kappa shape index (κ3) is 2.41. The lowest BCUT2D eigenvalue weighted by molar-refractivity contribution is -0.125. The van der Waals surface area contributed by atoms with Gasteiger partial charge in [-0.1, -0.05) is 24.3 Å². The molecule has 98 valence electrons. The fourth-order valence-electron chi connectivity index (χ4n) is 2.44. The SMILES string of the molecule is CNC(=O)C(C)(C)c1ccccc1CC1(N)CC1. The van der Waals surface area contributed by atoms with E-state index in [1.165, 1.54) is 5.56 Å². The fourth-order valence-corrected chi connectivity index (χ4v) is 2.44. The Labute approximate surface area is 109 Å². The molecule has 3 nitrogen and oxygen atoms in total. The molecular weight excluding hydrogens is 224 g/mol. The molecule has 1 saturated carbocycles. The number of benzene rings is 1. The van der Waals surface area contributed by atoms with Gasteiger partial charge in [0.1, 0.15) is 0 Å². The molecule has 1 aliphatic carbocycles. The van der Waals surface area contributed by atoms with Crippen LogP contribution in [0.4, 0.5) is 0 Å². The van der Waals surface area contributed by atoms with Crippen molar-refractivity contribution in [1.29, 1.82) is 0 Å². The minimum Gasteiger partial charge on any atom is -0.358 e. The number of carbonyl (C=O) groups excluding carboxylic acids is 1. The summed E-state index contributed by atoms with van der Waals surface area (Å²) >= 11 is 0. The molecule has 18 heavy (non-hydrogen) atoms. The van der Waals surface area contributed by atoms with Crippen LogP contribution in [0.15, 0.2) is 24.3 Å². The molecule has 1 aromatic carbocycles. The number of amides is 1. The molecule has 0 radical (unpaired) electrons. The summed E-state index contributed by atoms with van der Waals surface area (Å²) in [6.45, 7) is 3.92. The van der Waals surface area contributed by atoms with Gasteiger partial charge in [0, 0.05) is 12.6 Å². The summed E-state index contributed by atoms with van der Waals surface area (Å²) in [4.78, 5) is 12.0. The van der Waals surface area contributed by atoms with Crippen molar-refractivity contribution in [3.63, 3.8) is 0 Å². The Kier molecular flexibility index (Phi) is 3.20. The maximum atomic E-state index is 12.0. The van der Waals surface area contributed by atoms with Crippen molar-refractivity contribution in [1.82, 2.24) is 5.32 Å². The van der Waals surface area contributed by atoms with Gasteiger partial charge in [-0.05, 0) is 44.2 Å². The Hall–Kier alpha value is -1.35. The number of carbonyl (C=O) groups is 1. The van der Waals surface area contributed by atoms with Crippen LogP contribution in [0, 0.1) is 0 Å². The molecule has 0 saturated heterocycles. The number of hydrogen-bond acceptors (Lipinski definition) is 2. The molecule has 0 unspecified atom stereocenters. The topological polar surface area (TPSA) is 55.1 Å². The Balaban J connectivity index is 2.35. The molecule has 2 rings (SSSR count). The third-order valence-corrected chi connectivity index (χ3v) is 3.92. The van der Waals surface area contributed by atoms with Crippen molar-refractivity contribution in [2.45, 2.75) is 44.1 Å². The van der Waals surface area contributed by atoms with E-state index in [1.807, 2.05) is 32.0 Å². The first-order chi connectivity index (χ1) is 8.39. The number of likely N-dealkylation sites (N-methyl/N-ethyl adjacent to an activating group) is 1. The molecule has 0 aliphatic heterocycles. The van der Waals surface area contributed by atoms with E-state index in [9.17, 15) is 4.79 Å². The van der Waals surface area contributed by atoms with Crippen LogP contribution in [0.25, 0.3) is 0 Å². The van der Waals surface area contributed by atoms with Crippen LogP contribution in [0.5, 0.6) is 0 Å². The van der Waals surface area contributed by atoms with Crippen LogP contribution >= 0.6 is 0 Å². The zero-order valence-corrected chi connectivity index (χ0v) is 11.4. The quantitative estimate of drug-likeness (QED) is 0.850. The smallest absolute Gasteiger partial charge is 0.229 e. The number of rotatable bonds is 4. The normalized spacial score (nSPS) is 17.3. The fraction of sp³-hybridized carbons (Fsp3) is 0.533. The van der Waals surface area contributed by atoms with Gasteiger partial charge in [-0.15, -0.1) is 0 Å². The van der Waals surface area contributed by atoms with Gasteiger partial charge in [0.25, 0.3) is 0 Å². The third-order valence-electron chi connectivity index (χ3n) is 3.92. The minimum atomic E-state index is -0.517. The molecule has 0 atom stereocenters. The molecule has 0 spiro atoms. The highest BCUT2D eigenvalue weighted by atomic mass is 16.2. The summed E-state index contributed by atoms with van der Waals surface area (Å²) in [5.41, 5.74) is 7.93. The maximum absolute atomic E-state index is 12.0. The second kappa shape index (κ2) is 4.39. The first-order valence-electron chi connectivity index (χ1n) is 6.48. The number of hydrogen-bond donors (Lipinski definition) is 2. The zero-order chi connectivity index (χ0) is 13.4. The van der Waals surface area contributed by atoms with Gasteiger partial charge in [0.05, 0.1) is 5.41 Å². The molecule has 0 heterocycles. The lowest BCUT2D eigenvalue weighted by Gasteiger charge is -2.27. The first-order valence-corrected chi connectivity index (χ1v) is 6.48. The minimum absolute atomic E-state index is 0.0329. The van der Waals surface area contributed by atoms with Crippen molar-refractivity contribution < 1.29 is 4.79 Å². The van der Waals surface area contributed by atoms with E-state index in [4.69, 9.17) is 5.73 Å². The molecule has 1 aliphatic rings. The van der Waals surface area contributed by atoms with Crippen LogP contribution in [0.3, 0.4) is 0 Å². The summed E-state index contributed by atoms with van der Waals surface area (Å²) < 4.78 is 0. The Bertz CT molecular complexity index is 461. The molecule has 3 heteroatoms. The number of nitrogens with two attached hydrogens (primary N) is 1. The number of nitrogens with one attached hydrogen (secondary N) is 1. The van der Waals surface area contributed by atoms with Gasteiger partial charge in [0.15, 0.2) is 0 Å². The van der Waals surface area contributed by atoms with Crippen molar-refractivity contribution in [3.05, 3.63) is 35.4 Å². The highest BCUT2D eigenvalue weighted by molar-refractivity contribution is 5.87. The molecule has 3 N–H and O–H groups in total.